The molecule has 5 heteroatoms. The van der Waals surface area contributed by atoms with E-state index in [1.54, 1.807) is 12.1 Å². The summed E-state index contributed by atoms with van der Waals surface area (Å²) < 4.78 is 19.4. The molecule has 0 N–H and O–H groups in total. The van der Waals surface area contributed by atoms with E-state index in [2.05, 4.69) is 20.9 Å². The van der Waals surface area contributed by atoms with Crippen molar-refractivity contribution in [3.05, 3.63) is 52.0 Å². The third-order valence-corrected chi connectivity index (χ3v) is 2.52. The van der Waals surface area contributed by atoms with Crippen LogP contribution in [0.4, 0.5) is 4.39 Å². The highest BCUT2D eigenvalue weighted by Gasteiger charge is 2.05. The Morgan fingerprint density at radius 2 is 2.06 bits per heavy atom. The number of halogens is 3. The predicted octanol–water partition coefficient (Wildman–Crippen LogP) is 4.43. The van der Waals surface area contributed by atoms with Crippen LogP contribution in [0.1, 0.15) is 0 Å². The second kappa shape index (κ2) is 4.80. The third-order valence-electron chi connectivity index (χ3n) is 1.82. The van der Waals surface area contributed by atoms with E-state index < -0.39 is 5.82 Å². The standard InChI is InChI=1S/C11H6BrClFNO/c12-7-1-2-10(9(14)5-7)16-8-3-4-15-11(13)6-8/h1-6H. The summed E-state index contributed by atoms with van der Waals surface area (Å²) in [5, 5.41) is 0.301. The van der Waals surface area contributed by atoms with E-state index in [1.807, 2.05) is 0 Å². The van der Waals surface area contributed by atoms with Crippen LogP contribution in [0.15, 0.2) is 41.0 Å². The van der Waals surface area contributed by atoms with Crippen molar-refractivity contribution in [3.63, 3.8) is 0 Å². The van der Waals surface area contributed by atoms with E-state index in [0.29, 0.717) is 15.4 Å². The Kier molecular flexibility index (Phi) is 3.41. The molecule has 0 radical (unpaired) electrons. The van der Waals surface area contributed by atoms with Gasteiger partial charge in [-0.05, 0) is 24.3 Å². The summed E-state index contributed by atoms with van der Waals surface area (Å²) in [4.78, 5) is 3.80. The number of rotatable bonds is 2. The molecule has 0 aliphatic rings. The maximum Gasteiger partial charge on any atom is 0.166 e. The van der Waals surface area contributed by atoms with Crippen LogP contribution in [-0.2, 0) is 0 Å². The van der Waals surface area contributed by atoms with E-state index in [4.69, 9.17) is 16.3 Å². The molecule has 0 bridgehead atoms. The van der Waals surface area contributed by atoms with Gasteiger partial charge < -0.3 is 4.74 Å². The number of nitrogens with zero attached hydrogens (tertiary/aromatic N) is 1. The lowest BCUT2D eigenvalue weighted by Crippen LogP contribution is -1.88. The normalized spacial score (nSPS) is 10.2. The highest BCUT2D eigenvalue weighted by Crippen LogP contribution is 2.27. The van der Waals surface area contributed by atoms with Gasteiger partial charge in [0.05, 0.1) is 0 Å². The molecule has 0 aliphatic carbocycles. The first kappa shape index (κ1) is 11.4. The monoisotopic (exact) mass is 301 g/mol. The zero-order chi connectivity index (χ0) is 11.5. The lowest BCUT2D eigenvalue weighted by molar-refractivity contribution is 0.441. The highest BCUT2D eigenvalue weighted by molar-refractivity contribution is 9.10. The molecule has 0 atom stereocenters. The number of ether oxygens (including phenoxy) is 1. The van der Waals surface area contributed by atoms with Crippen LogP contribution in [0, 0.1) is 5.82 Å². The van der Waals surface area contributed by atoms with Gasteiger partial charge in [-0.25, -0.2) is 9.37 Å². The molecule has 2 nitrogen and oxygen atoms in total. The Labute approximate surface area is 105 Å². The van der Waals surface area contributed by atoms with Crippen molar-refractivity contribution in [2.75, 3.05) is 0 Å². The van der Waals surface area contributed by atoms with E-state index in [-0.39, 0.29) is 5.75 Å². The molecule has 0 aliphatic heterocycles. The summed E-state index contributed by atoms with van der Waals surface area (Å²) in [6.07, 6.45) is 1.49. The number of aromatic nitrogens is 1. The molecule has 1 aromatic carbocycles. The molecular weight excluding hydrogens is 296 g/mol. The summed E-state index contributed by atoms with van der Waals surface area (Å²) in [5.41, 5.74) is 0. The van der Waals surface area contributed by atoms with Gasteiger partial charge in [0.1, 0.15) is 10.9 Å². The van der Waals surface area contributed by atoms with E-state index >= 15 is 0 Å². The minimum atomic E-state index is -0.442. The molecule has 82 valence electrons. The van der Waals surface area contributed by atoms with Crippen LogP contribution in [-0.4, -0.2) is 4.98 Å². The Morgan fingerprint density at radius 3 is 2.75 bits per heavy atom. The summed E-state index contributed by atoms with van der Waals surface area (Å²) in [6, 6.07) is 7.68. The third kappa shape index (κ3) is 2.71. The predicted molar refractivity (Wildman–Crippen MR) is 63.4 cm³/mol. The molecule has 2 aromatic rings. The summed E-state index contributed by atoms with van der Waals surface area (Å²) >= 11 is 8.85. The highest BCUT2D eigenvalue weighted by atomic mass is 79.9. The molecule has 0 fully saturated rings. The Morgan fingerprint density at radius 1 is 1.25 bits per heavy atom. The molecule has 0 saturated carbocycles. The fraction of sp³-hybridized carbons (Fsp3) is 0. The van der Waals surface area contributed by atoms with Gasteiger partial charge >= 0.3 is 0 Å². The summed E-state index contributed by atoms with van der Waals surface area (Å²) in [6.45, 7) is 0. The fourth-order valence-electron chi connectivity index (χ4n) is 1.13. The Balaban J connectivity index is 2.27. The number of hydrogen-bond donors (Lipinski definition) is 0. The topological polar surface area (TPSA) is 22.1 Å². The second-order valence-corrected chi connectivity index (χ2v) is 4.29. The second-order valence-electron chi connectivity index (χ2n) is 2.99. The largest absolute Gasteiger partial charge is 0.454 e. The molecule has 2 rings (SSSR count). The van der Waals surface area contributed by atoms with Crippen LogP contribution in [0.25, 0.3) is 0 Å². The zero-order valence-corrected chi connectivity index (χ0v) is 10.3. The maximum absolute atomic E-state index is 13.4. The van der Waals surface area contributed by atoms with Crippen molar-refractivity contribution in [2.24, 2.45) is 0 Å². The minimum absolute atomic E-state index is 0.144. The summed E-state index contributed by atoms with van der Waals surface area (Å²) in [7, 11) is 0. The first-order valence-electron chi connectivity index (χ1n) is 4.39. The van der Waals surface area contributed by atoms with Crippen molar-refractivity contribution in [2.45, 2.75) is 0 Å². The molecular formula is C11H6BrClFNO. The van der Waals surface area contributed by atoms with Gasteiger partial charge in [0.15, 0.2) is 11.6 Å². The SMILES string of the molecule is Fc1cc(Br)ccc1Oc1ccnc(Cl)c1. The quantitative estimate of drug-likeness (QED) is 0.766. The van der Waals surface area contributed by atoms with Crippen LogP contribution in [0.2, 0.25) is 5.15 Å². The van der Waals surface area contributed by atoms with Gasteiger partial charge in [0, 0.05) is 16.7 Å². The van der Waals surface area contributed by atoms with E-state index in [1.165, 1.54) is 24.4 Å². The first-order chi connectivity index (χ1) is 7.65. The van der Waals surface area contributed by atoms with Gasteiger partial charge in [-0.3, -0.25) is 0 Å². The maximum atomic E-state index is 13.4. The molecule has 1 aromatic heterocycles. The molecule has 0 spiro atoms. The van der Waals surface area contributed by atoms with Crippen LogP contribution >= 0.6 is 27.5 Å². The van der Waals surface area contributed by atoms with E-state index in [0.717, 1.165) is 0 Å². The van der Waals surface area contributed by atoms with E-state index in [9.17, 15) is 4.39 Å². The zero-order valence-electron chi connectivity index (χ0n) is 7.95. The van der Waals surface area contributed by atoms with Gasteiger partial charge in [-0.1, -0.05) is 27.5 Å². The van der Waals surface area contributed by atoms with Gasteiger partial charge in [-0.2, -0.15) is 0 Å². The fourth-order valence-corrected chi connectivity index (χ4v) is 1.63. The van der Waals surface area contributed by atoms with Crippen molar-refractivity contribution in [1.82, 2.24) is 4.98 Å². The molecule has 1 heterocycles. The smallest absolute Gasteiger partial charge is 0.166 e. The lowest BCUT2D eigenvalue weighted by atomic mass is 10.3. The van der Waals surface area contributed by atoms with Crippen LogP contribution in [0.3, 0.4) is 0 Å². The van der Waals surface area contributed by atoms with Crippen LogP contribution in [0.5, 0.6) is 11.5 Å². The molecule has 0 amide bonds. The molecule has 0 saturated heterocycles. The lowest BCUT2D eigenvalue weighted by Gasteiger charge is -2.06. The number of pyridine rings is 1. The van der Waals surface area contributed by atoms with Crippen molar-refractivity contribution in [3.8, 4) is 11.5 Å². The molecule has 16 heavy (non-hydrogen) atoms. The average Bonchev–Trinajstić information content (AvgIpc) is 2.22. The van der Waals surface area contributed by atoms with Crippen molar-refractivity contribution >= 4 is 27.5 Å². The van der Waals surface area contributed by atoms with Crippen LogP contribution < -0.4 is 4.74 Å². The Hall–Kier alpha value is -1.13. The van der Waals surface area contributed by atoms with Gasteiger partial charge in [0.2, 0.25) is 0 Å². The average molecular weight is 303 g/mol. The Bertz CT molecular complexity index is 521. The van der Waals surface area contributed by atoms with Crippen molar-refractivity contribution < 1.29 is 9.13 Å². The number of hydrogen-bond acceptors (Lipinski definition) is 2. The minimum Gasteiger partial charge on any atom is -0.454 e. The summed E-state index contributed by atoms with van der Waals surface area (Å²) in [5.74, 6) is 0.147. The number of benzene rings is 1. The van der Waals surface area contributed by atoms with Crippen molar-refractivity contribution in [1.29, 1.82) is 0 Å². The molecule has 0 unspecified atom stereocenters. The van der Waals surface area contributed by atoms with Gasteiger partial charge in [0.25, 0.3) is 0 Å². The van der Waals surface area contributed by atoms with Gasteiger partial charge in [-0.15, -0.1) is 0 Å². The first-order valence-corrected chi connectivity index (χ1v) is 5.57.